The van der Waals surface area contributed by atoms with Crippen molar-refractivity contribution in [2.24, 2.45) is 22.9 Å². The normalized spacial score (nSPS) is 29.3. The van der Waals surface area contributed by atoms with Gasteiger partial charge in [0.05, 0.1) is 29.2 Å². The van der Waals surface area contributed by atoms with Crippen molar-refractivity contribution < 1.29 is 28.2 Å². The second-order valence-corrected chi connectivity index (χ2v) is 15.6. The number of aromatic carboxylic acids is 1. The van der Waals surface area contributed by atoms with E-state index in [-0.39, 0.29) is 28.7 Å². The number of allylic oxidation sites excluding steroid dienone is 1. The standard InChI is InChI=1S/C34H43ClN2O6S/c35-26-12-14-28-23(17-26)7-4-16-34(28)20-37(29-18-24(33(39)40)11-15-31(29)43-21-34)19-25-10-13-27(25)30(38)8-3-6-22-5-1-2-9-32(22)44(36,41)42/h3,8,11-12,14-15,17-18,22,25,27,30,32,38H,1-2,4-7,9-10,13,16,19-21H2,(H,39,40)(H2,36,41,42)/b8-3+/t22-,25+,27-,30+,32+,34+/m1/s1. The number of carboxylic acid groups (broad SMARTS) is 1. The van der Waals surface area contributed by atoms with Crippen LogP contribution in [0.5, 0.6) is 5.75 Å². The van der Waals surface area contributed by atoms with Crippen LogP contribution >= 0.6 is 11.6 Å². The summed E-state index contributed by atoms with van der Waals surface area (Å²) in [6.45, 7) is 1.86. The molecule has 4 aliphatic rings. The lowest BCUT2D eigenvalue weighted by Crippen LogP contribution is -2.49. The maximum atomic E-state index is 12.1. The molecule has 0 bridgehead atoms. The summed E-state index contributed by atoms with van der Waals surface area (Å²) in [6.07, 6.45) is 11.9. The molecule has 1 heterocycles. The van der Waals surface area contributed by atoms with E-state index in [0.29, 0.717) is 38.3 Å². The highest BCUT2D eigenvalue weighted by molar-refractivity contribution is 7.89. The molecule has 44 heavy (non-hydrogen) atoms. The van der Waals surface area contributed by atoms with Crippen molar-refractivity contribution in [2.45, 2.75) is 81.0 Å². The average Bonchev–Trinajstić information content (AvgIpc) is 3.12. The summed E-state index contributed by atoms with van der Waals surface area (Å²) in [5.41, 5.74) is 3.23. The molecule has 0 saturated heterocycles. The van der Waals surface area contributed by atoms with Gasteiger partial charge in [-0.1, -0.05) is 42.7 Å². The molecule has 0 unspecified atom stereocenters. The van der Waals surface area contributed by atoms with Crippen molar-refractivity contribution in [3.63, 3.8) is 0 Å². The number of rotatable bonds is 8. The number of anilines is 1. The summed E-state index contributed by atoms with van der Waals surface area (Å²) < 4.78 is 30.7. The quantitative estimate of drug-likeness (QED) is 0.315. The van der Waals surface area contributed by atoms with Crippen LogP contribution in [0, 0.1) is 17.8 Å². The molecule has 2 saturated carbocycles. The van der Waals surface area contributed by atoms with Crippen LogP contribution in [-0.2, 0) is 21.9 Å². The number of aliphatic hydroxyl groups excluding tert-OH is 1. The smallest absolute Gasteiger partial charge is 0.335 e. The molecular formula is C34H43ClN2O6S. The summed E-state index contributed by atoms with van der Waals surface area (Å²) in [4.78, 5) is 14.2. The third kappa shape index (κ3) is 6.39. The van der Waals surface area contributed by atoms with E-state index >= 15 is 0 Å². The minimum atomic E-state index is -3.58. The van der Waals surface area contributed by atoms with Gasteiger partial charge in [-0.15, -0.1) is 0 Å². The van der Waals surface area contributed by atoms with Gasteiger partial charge in [0.2, 0.25) is 10.0 Å². The Labute approximate surface area is 265 Å². The van der Waals surface area contributed by atoms with Gasteiger partial charge in [-0.2, -0.15) is 0 Å². The van der Waals surface area contributed by atoms with Gasteiger partial charge in [0.1, 0.15) is 5.75 Å². The second-order valence-electron chi connectivity index (χ2n) is 13.4. The zero-order valence-corrected chi connectivity index (χ0v) is 26.6. The van der Waals surface area contributed by atoms with Crippen molar-refractivity contribution in [3.8, 4) is 5.75 Å². The predicted molar refractivity (Wildman–Crippen MR) is 172 cm³/mol. The fraction of sp³-hybridized carbons (Fsp3) is 0.559. The Morgan fingerprint density at radius 1 is 1.11 bits per heavy atom. The Hall–Kier alpha value is -2.59. The number of aliphatic hydroxyl groups is 1. The second kappa shape index (κ2) is 12.7. The van der Waals surface area contributed by atoms with Crippen LogP contribution in [0.2, 0.25) is 5.02 Å². The highest BCUT2D eigenvalue weighted by Crippen LogP contribution is 2.46. The zero-order chi connectivity index (χ0) is 31.1. The molecule has 6 rings (SSSR count). The van der Waals surface area contributed by atoms with Gasteiger partial charge in [0.25, 0.3) is 0 Å². The fourth-order valence-corrected chi connectivity index (χ4v) is 9.69. The fourth-order valence-electron chi connectivity index (χ4n) is 8.21. The highest BCUT2D eigenvalue weighted by Gasteiger charge is 2.44. The average molecular weight is 643 g/mol. The number of ether oxygens (including phenoxy) is 1. The van der Waals surface area contributed by atoms with Gasteiger partial charge in [-0.25, -0.2) is 18.4 Å². The van der Waals surface area contributed by atoms with Crippen LogP contribution < -0.4 is 14.8 Å². The molecule has 2 aromatic rings. The summed E-state index contributed by atoms with van der Waals surface area (Å²) in [5.74, 6) is -0.0299. The lowest BCUT2D eigenvalue weighted by molar-refractivity contribution is 0.0455. The Morgan fingerprint density at radius 3 is 2.68 bits per heavy atom. The number of nitrogens with two attached hydrogens (primary N) is 1. The van der Waals surface area contributed by atoms with E-state index in [9.17, 15) is 23.4 Å². The van der Waals surface area contributed by atoms with E-state index in [4.69, 9.17) is 21.5 Å². The number of carboxylic acids is 1. The van der Waals surface area contributed by atoms with Crippen LogP contribution in [0.3, 0.4) is 0 Å². The molecule has 238 valence electrons. The monoisotopic (exact) mass is 642 g/mol. The summed E-state index contributed by atoms with van der Waals surface area (Å²) in [7, 11) is -3.58. The van der Waals surface area contributed by atoms with Gasteiger partial charge < -0.3 is 19.8 Å². The molecule has 4 N–H and O–H groups in total. The third-order valence-corrected chi connectivity index (χ3v) is 12.4. The molecule has 1 aliphatic heterocycles. The SMILES string of the molecule is NS(=O)(=O)[C@H]1CCCC[C@@H]1C/C=C/[C@H](O)[C@@H]1CC[C@H]1CN1C[C@@]2(CCCc3cc(Cl)ccc32)COc2ccc(C(=O)O)cc21. The molecule has 10 heteroatoms. The first kappa shape index (κ1) is 31.4. The molecular weight excluding hydrogens is 600 g/mol. The van der Waals surface area contributed by atoms with Crippen molar-refractivity contribution in [3.05, 3.63) is 70.3 Å². The van der Waals surface area contributed by atoms with Crippen molar-refractivity contribution in [1.82, 2.24) is 0 Å². The largest absolute Gasteiger partial charge is 0.490 e. The minimum absolute atomic E-state index is 0.0131. The number of benzene rings is 2. The van der Waals surface area contributed by atoms with Crippen molar-refractivity contribution in [2.75, 3.05) is 24.6 Å². The first-order valence-electron chi connectivity index (χ1n) is 15.9. The third-order valence-electron chi connectivity index (χ3n) is 10.7. The number of halogens is 1. The van der Waals surface area contributed by atoms with E-state index in [0.717, 1.165) is 62.1 Å². The summed E-state index contributed by atoms with van der Waals surface area (Å²) in [6, 6.07) is 11.2. The van der Waals surface area contributed by atoms with E-state index in [1.54, 1.807) is 18.2 Å². The molecule has 0 aromatic heterocycles. The molecule has 3 aliphatic carbocycles. The first-order valence-corrected chi connectivity index (χ1v) is 17.9. The molecule has 8 nitrogen and oxygen atoms in total. The van der Waals surface area contributed by atoms with E-state index < -0.39 is 27.3 Å². The number of nitrogens with zero attached hydrogens (tertiary/aromatic N) is 1. The maximum absolute atomic E-state index is 12.1. The van der Waals surface area contributed by atoms with Gasteiger partial charge in [0, 0.05) is 23.5 Å². The van der Waals surface area contributed by atoms with Crippen molar-refractivity contribution in [1.29, 1.82) is 0 Å². The van der Waals surface area contributed by atoms with Gasteiger partial charge in [0.15, 0.2) is 0 Å². The molecule has 2 aromatic carbocycles. The number of primary sulfonamides is 1. The molecule has 6 atom stereocenters. The predicted octanol–water partition coefficient (Wildman–Crippen LogP) is 5.69. The summed E-state index contributed by atoms with van der Waals surface area (Å²) in [5, 5.41) is 26.7. The van der Waals surface area contributed by atoms with Gasteiger partial charge in [-0.3, -0.25) is 0 Å². The highest BCUT2D eigenvalue weighted by atomic mass is 35.5. The Bertz CT molecular complexity index is 1530. The molecule has 0 amide bonds. The van der Waals surface area contributed by atoms with Crippen LogP contribution in [0.4, 0.5) is 5.69 Å². The topological polar surface area (TPSA) is 130 Å². The van der Waals surface area contributed by atoms with Gasteiger partial charge in [-0.05, 0) is 111 Å². The van der Waals surface area contributed by atoms with Crippen molar-refractivity contribution >= 4 is 33.3 Å². The number of aryl methyl sites for hydroxylation is 1. The van der Waals surface area contributed by atoms with E-state index in [2.05, 4.69) is 17.0 Å². The number of fused-ring (bicyclic) bond motifs is 3. The summed E-state index contributed by atoms with van der Waals surface area (Å²) >= 11 is 6.37. The van der Waals surface area contributed by atoms with E-state index in [1.807, 2.05) is 18.2 Å². The molecule has 0 radical (unpaired) electrons. The lowest BCUT2D eigenvalue weighted by Gasteiger charge is -2.45. The Morgan fingerprint density at radius 2 is 1.93 bits per heavy atom. The molecule has 2 fully saturated rings. The molecule has 1 spiro atoms. The Kier molecular flexibility index (Phi) is 9.03. The minimum Gasteiger partial charge on any atom is -0.490 e. The van der Waals surface area contributed by atoms with Crippen LogP contribution in [-0.4, -0.2) is 55.7 Å². The van der Waals surface area contributed by atoms with Crippen LogP contribution in [0.25, 0.3) is 0 Å². The Balaban J connectivity index is 1.22. The van der Waals surface area contributed by atoms with Crippen LogP contribution in [0.1, 0.15) is 79.3 Å². The lowest BCUT2D eigenvalue weighted by atomic mass is 9.68. The first-order chi connectivity index (χ1) is 21.0. The number of hydrogen-bond acceptors (Lipinski definition) is 6. The number of sulfonamides is 1. The number of carbonyl (C=O) groups is 1. The zero-order valence-electron chi connectivity index (χ0n) is 25.0. The van der Waals surface area contributed by atoms with Gasteiger partial charge >= 0.3 is 5.97 Å². The van der Waals surface area contributed by atoms with Crippen LogP contribution in [0.15, 0.2) is 48.6 Å². The number of hydrogen-bond donors (Lipinski definition) is 3. The maximum Gasteiger partial charge on any atom is 0.335 e. The van der Waals surface area contributed by atoms with E-state index in [1.165, 1.54) is 11.1 Å².